The molecule has 2 nitrogen and oxygen atoms in total. The predicted octanol–water partition coefficient (Wildman–Crippen LogP) is 0.879. The summed E-state index contributed by atoms with van der Waals surface area (Å²) in [5.74, 6) is 0. The quantitative estimate of drug-likeness (QED) is 0.436. The average Bonchev–Trinajstić information content (AvgIpc) is 1.87. The van der Waals surface area contributed by atoms with Crippen molar-refractivity contribution in [2.75, 3.05) is 0 Å². The highest BCUT2D eigenvalue weighted by Crippen LogP contribution is 1.89. The Hall–Kier alpha value is -0.340. The normalized spacial score (nSPS) is 16.8. The van der Waals surface area contributed by atoms with E-state index in [4.69, 9.17) is 5.11 Å². The first-order valence-corrected chi connectivity index (χ1v) is 3.27. The van der Waals surface area contributed by atoms with Crippen LogP contribution in [0.25, 0.3) is 0 Å². The topological polar surface area (TPSA) is 32.3 Å². The molecule has 1 unspecified atom stereocenters. The van der Waals surface area contributed by atoms with Gasteiger partial charge in [0.2, 0.25) is 0 Å². The van der Waals surface area contributed by atoms with E-state index in [1.54, 1.807) is 0 Å². The molecular formula is C7H15NO. The molecular weight excluding hydrogens is 114 g/mol. The maximum atomic E-state index is 8.93. The van der Waals surface area contributed by atoms with Crippen LogP contribution in [0.2, 0.25) is 0 Å². The maximum Gasteiger partial charge on any atom is 0.124 e. The van der Waals surface area contributed by atoms with E-state index in [9.17, 15) is 0 Å². The summed E-state index contributed by atoms with van der Waals surface area (Å²) in [6.45, 7) is 7.52. The molecule has 0 rings (SSSR count). The lowest BCUT2D eigenvalue weighted by molar-refractivity contribution is 0.170. The second kappa shape index (κ2) is 4.53. The number of rotatable bonds is 4. The molecule has 0 amide bonds. The Bertz CT molecular complexity index is 83.0. The van der Waals surface area contributed by atoms with Gasteiger partial charge in [-0.15, -0.1) is 0 Å². The van der Waals surface area contributed by atoms with E-state index in [1.165, 1.54) is 6.08 Å². The monoisotopic (exact) mass is 129 g/mol. The molecule has 0 aliphatic rings. The fraction of sp³-hybridized carbons (Fsp3) is 0.714. The van der Waals surface area contributed by atoms with Crippen molar-refractivity contribution >= 4 is 0 Å². The number of aliphatic hydroxyl groups is 1. The third kappa shape index (κ3) is 4.18. The number of hydrogen-bond donors (Lipinski definition) is 2. The van der Waals surface area contributed by atoms with Crippen molar-refractivity contribution in [1.29, 1.82) is 0 Å². The van der Waals surface area contributed by atoms with Gasteiger partial charge in [-0.1, -0.05) is 13.5 Å². The summed E-state index contributed by atoms with van der Waals surface area (Å²) in [7, 11) is 0. The molecule has 0 saturated heterocycles. The highest BCUT2D eigenvalue weighted by molar-refractivity contribution is 4.77. The molecule has 2 heteroatoms. The molecule has 2 N–H and O–H groups in total. The second-order valence-corrected chi connectivity index (χ2v) is 2.16. The van der Waals surface area contributed by atoms with E-state index in [2.05, 4.69) is 18.8 Å². The largest absolute Gasteiger partial charge is 0.375 e. The standard InChI is InChI=1S/C7H15NO/c1-4-6(3)8-7(9)5-2/h5-9H,2,4H2,1,3H3/t6?,7-/m0/s1. The smallest absolute Gasteiger partial charge is 0.124 e. The van der Waals surface area contributed by atoms with Gasteiger partial charge in [-0.3, -0.25) is 5.32 Å². The van der Waals surface area contributed by atoms with Gasteiger partial charge in [0, 0.05) is 6.04 Å². The lowest BCUT2D eigenvalue weighted by Gasteiger charge is -2.13. The van der Waals surface area contributed by atoms with E-state index in [0.29, 0.717) is 6.04 Å². The van der Waals surface area contributed by atoms with Crippen molar-refractivity contribution in [3.05, 3.63) is 12.7 Å². The Morgan fingerprint density at radius 2 is 2.33 bits per heavy atom. The van der Waals surface area contributed by atoms with E-state index < -0.39 is 6.23 Å². The molecule has 0 aliphatic carbocycles. The van der Waals surface area contributed by atoms with E-state index in [0.717, 1.165) is 6.42 Å². The fourth-order valence-corrected chi connectivity index (χ4v) is 0.477. The minimum Gasteiger partial charge on any atom is -0.375 e. The van der Waals surface area contributed by atoms with Crippen LogP contribution in [0.1, 0.15) is 20.3 Å². The van der Waals surface area contributed by atoms with Crippen LogP contribution in [0.4, 0.5) is 0 Å². The van der Waals surface area contributed by atoms with Crippen LogP contribution in [0.15, 0.2) is 12.7 Å². The average molecular weight is 129 g/mol. The minimum absolute atomic E-state index is 0.359. The summed E-state index contributed by atoms with van der Waals surface area (Å²) in [6.07, 6.45) is 1.94. The minimum atomic E-state index is -0.556. The third-order valence-electron chi connectivity index (χ3n) is 1.29. The van der Waals surface area contributed by atoms with Crippen LogP contribution in [0, 0.1) is 0 Å². The fourth-order valence-electron chi connectivity index (χ4n) is 0.477. The zero-order valence-corrected chi connectivity index (χ0v) is 6.09. The van der Waals surface area contributed by atoms with Crippen molar-refractivity contribution < 1.29 is 5.11 Å². The molecule has 0 spiro atoms. The third-order valence-corrected chi connectivity index (χ3v) is 1.29. The van der Waals surface area contributed by atoms with Crippen molar-refractivity contribution in [2.45, 2.75) is 32.5 Å². The first-order valence-electron chi connectivity index (χ1n) is 3.27. The van der Waals surface area contributed by atoms with Gasteiger partial charge in [0.05, 0.1) is 0 Å². The Kier molecular flexibility index (Phi) is 4.36. The Balaban J connectivity index is 3.33. The number of nitrogens with one attached hydrogen (secondary N) is 1. The molecule has 0 saturated carbocycles. The molecule has 0 heterocycles. The van der Waals surface area contributed by atoms with Crippen LogP contribution in [-0.2, 0) is 0 Å². The summed E-state index contributed by atoms with van der Waals surface area (Å²) in [5.41, 5.74) is 0. The maximum absolute atomic E-state index is 8.93. The second-order valence-electron chi connectivity index (χ2n) is 2.16. The van der Waals surface area contributed by atoms with Crippen molar-refractivity contribution in [2.24, 2.45) is 0 Å². The van der Waals surface area contributed by atoms with Crippen LogP contribution in [0.3, 0.4) is 0 Å². The van der Waals surface area contributed by atoms with E-state index in [-0.39, 0.29) is 0 Å². The molecule has 0 aromatic heterocycles. The summed E-state index contributed by atoms with van der Waals surface area (Å²) in [6, 6.07) is 0.359. The predicted molar refractivity (Wildman–Crippen MR) is 39.1 cm³/mol. The van der Waals surface area contributed by atoms with Crippen LogP contribution >= 0.6 is 0 Å². The molecule has 0 aliphatic heterocycles. The van der Waals surface area contributed by atoms with Crippen LogP contribution in [-0.4, -0.2) is 17.4 Å². The zero-order valence-electron chi connectivity index (χ0n) is 6.09. The van der Waals surface area contributed by atoms with Gasteiger partial charge in [0.1, 0.15) is 6.23 Å². The first-order chi connectivity index (χ1) is 4.20. The van der Waals surface area contributed by atoms with Gasteiger partial charge in [0.25, 0.3) is 0 Å². The highest BCUT2D eigenvalue weighted by atomic mass is 16.3. The highest BCUT2D eigenvalue weighted by Gasteiger charge is 2.00. The molecule has 0 bridgehead atoms. The summed E-state index contributed by atoms with van der Waals surface area (Å²) >= 11 is 0. The molecule has 54 valence electrons. The van der Waals surface area contributed by atoms with Crippen molar-refractivity contribution in [3.63, 3.8) is 0 Å². The molecule has 2 atom stereocenters. The van der Waals surface area contributed by atoms with Crippen molar-refractivity contribution in [1.82, 2.24) is 5.32 Å². The van der Waals surface area contributed by atoms with Crippen molar-refractivity contribution in [3.8, 4) is 0 Å². The van der Waals surface area contributed by atoms with Crippen LogP contribution < -0.4 is 5.32 Å². The van der Waals surface area contributed by atoms with Crippen LogP contribution in [0.5, 0.6) is 0 Å². The first kappa shape index (κ1) is 8.66. The Labute approximate surface area is 56.6 Å². The summed E-state index contributed by atoms with van der Waals surface area (Å²) in [5, 5.41) is 11.8. The zero-order chi connectivity index (χ0) is 7.28. The van der Waals surface area contributed by atoms with Gasteiger partial charge in [-0.25, -0.2) is 0 Å². The lowest BCUT2D eigenvalue weighted by Crippen LogP contribution is -2.34. The lowest BCUT2D eigenvalue weighted by atomic mass is 10.2. The summed E-state index contributed by atoms with van der Waals surface area (Å²) in [4.78, 5) is 0. The molecule has 0 aromatic carbocycles. The van der Waals surface area contributed by atoms with Gasteiger partial charge >= 0.3 is 0 Å². The summed E-state index contributed by atoms with van der Waals surface area (Å²) < 4.78 is 0. The van der Waals surface area contributed by atoms with Gasteiger partial charge in [0.15, 0.2) is 0 Å². The molecule has 0 aromatic rings. The van der Waals surface area contributed by atoms with E-state index in [1.807, 2.05) is 6.92 Å². The Morgan fingerprint density at radius 3 is 2.67 bits per heavy atom. The SMILES string of the molecule is C=C[C@H](O)NC(C)CC. The molecule has 0 radical (unpaired) electrons. The van der Waals surface area contributed by atoms with Gasteiger partial charge in [-0.05, 0) is 19.4 Å². The molecule has 0 fully saturated rings. The number of aliphatic hydroxyl groups excluding tert-OH is 1. The van der Waals surface area contributed by atoms with Gasteiger partial charge < -0.3 is 5.11 Å². The molecule has 9 heavy (non-hydrogen) atoms. The Morgan fingerprint density at radius 1 is 1.78 bits per heavy atom. The number of hydrogen-bond acceptors (Lipinski definition) is 2. The van der Waals surface area contributed by atoms with E-state index >= 15 is 0 Å². The van der Waals surface area contributed by atoms with Gasteiger partial charge in [-0.2, -0.15) is 0 Å².